The predicted molar refractivity (Wildman–Crippen MR) is 126 cm³/mol. The molecule has 31 heavy (non-hydrogen) atoms. The smallest absolute Gasteiger partial charge is 0.243 e. The Labute approximate surface area is 192 Å². The maximum Gasteiger partial charge on any atom is 0.243 e. The minimum atomic E-state index is -3.49. The molecule has 2 heterocycles. The van der Waals surface area contributed by atoms with E-state index < -0.39 is 10.0 Å². The van der Waals surface area contributed by atoms with E-state index in [1.165, 1.54) is 0 Å². The van der Waals surface area contributed by atoms with Gasteiger partial charge in [-0.1, -0.05) is 35.0 Å². The number of nitrogens with one attached hydrogen (secondary N) is 1. The molecule has 164 valence electrons. The van der Waals surface area contributed by atoms with E-state index in [-0.39, 0.29) is 23.6 Å². The molecule has 2 aromatic rings. The Morgan fingerprint density at radius 2 is 1.87 bits per heavy atom. The minimum Gasteiger partial charge on any atom is -0.508 e. The standard InChI is InChI=1S/C24H27BrN2O3S/c1-15-9-11-27(12-10-15)31(29,30)17-6-7-22-20(14-17)18-3-2-4-19(18)24(26-22)21-13-16(25)5-8-23(21)28/h2-3,5-8,13-15,18-19,24,26,28H,4,9-12H2,1H3. The summed E-state index contributed by atoms with van der Waals surface area (Å²) >= 11 is 3.51. The maximum atomic E-state index is 13.3. The SMILES string of the molecule is CC1CCN(S(=O)(=O)c2ccc3c(c2)C2C=CCC2C(c2cc(Br)ccc2O)N3)CC1. The number of rotatable bonds is 3. The lowest BCUT2D eigenvalue weighted by molar-refractivity contribution is 0.288. The molecule has 0 spiro atoms. The summed E-state index contributed by atoms with van der Waals surface area (Å²) in [6.45, 7) is 3.37. The molecule has 7 heteroatoms. The Morgan fingerprint density at radius 1 is 1.10 bits per heavy atom. The zero-order chi connectivity index (χ0) is 21.8. The van der Waals surface area contributed by atoms with Gasteiger partial charge in [0.2, 0.25) is 10.0 Å². The van der Waals surface area contributed by atoms with E-state index >= 15 is 0 Å². The van der Waals surface area contributed by atoms with E-state index in [9.17, 15) is 13.5 Å². The summed E-state index contributed by atoms with van der Waals surface area (Å²) in [6, 6.07) is 10.9. The molecule has 0 bridgehead atoms. The number of piperidine rings is 1. The number of anilines is 1. The summed E-state index contributed by atoms with van der Waals surface area (Å²) in [5.41, 5.74) is 2.82. The van der Waals surface area contributed by atoms with Crippen LogP contribution in [0, 0.1) is 11.8 Å². The molecule has 1 aliphatic carbocycles. The van der Waals surface area contributed by atoms with Crippen LogP contribution in [-0.4, -0.2) is 30.9 Å². The highest BCUT2D eigenvalue weighted by atomic mass is 79.9. The number of phenolic OH excluding ortho intramolecular Hbond substituents is 1. The van der Waals surface area contributed by atoms with Gasteiger partial charge in [0.15, 0.2) is 0 Å². The largest absolute Gasteiger partial charge is 0.508 e. The van der Waals surface area contributed by atoms with E-state index in [4.69, 9.17) is 0 Å². The molecular weight excluding hydrogens is 476 g/mol. The highest BCUT2D eigenvalue weighted by Crippen LogP contribution is 2.51. The first-order valence-electron chi connectivity index (χ1n) is 10.9. The van der Waals surface area contributed by atoms with Crippen molar-refractivity contribution in [3.8, 4) is 5.75 Å². The average molecular weight is 503 g/mol. The zero-order valence-corrected chi connectivity index (χ0v) is 19.9. The van der Waals surface area contributed by atoms with Crippen molar-refractivity contribution < 1.29 is 13.5 Å². The van der Waals surface area contributed by atoms with Crippen molar-refractivity contribution in [3.05, 3.63) is 64.1 Å². The number of hydrogen-bond donors (Lipinski definition) is 2. The van der Waals surface area contributed by atoms with E-state index in [2.05, 4.69) is 40.3 Å². The molecule has 0 saturated carbocycles. The van der Waals surface area contributed by atoms with Crippen LogP contribution in [0.2, 0.25) is 0 Å². The molecule has 2 aliphatic heterocycles. The molecule has 0 aromatic heterocycles. The average Bonchev–Trinajstić information content (AvgIpc) is 3.25. The molecule has 5 rings (SSSR count). The summed E-state index contributed by atoms with van der Waals surface area (Å²) < 4.78 is 29.1. The first-order chi connectivity index (χ1) is 14.8. The lowest BCUT2D eigenvalue weighted by Gasteiger charge is -2.38. The number of allylic oxidation sites excluding steroid dienone is 2. The number of aromatic hydroxyl groups is 1. The first-order valence-corrected chi connectivity index (χ1v) is 13.1. The van der Waals surface area contributed by atoms with Gasteiger partial charge in [-0.05, 0) is 73.1 Å². The lowest BCUT2D eigenvalue weighted by Crippen LogP contribution is -2.38. The third-order valence-corrected chi connectivity index (χ3v) is 9.43. The van der Waals surface area contributed by atoms with Gasteiger partial charge >= 0.3 is 0 Å². The second-order valence-electron chi connectivity index (χ2n) is 9.01. The van der Waals surface area contributed by atoms with Crippen molar-refractivity contribution in [1.82, 2.24) is 4.31 Å². The topological polar surface area (TPSA) is 69.6 Å². The number of halogens is 1. The molecular formula is C24H27BrN2O3S. The van der Waals surface area contributed by atoms with Crippen LogP contribution >= 0.6 is 15.9 Å². The molecule has 3 unspecified atom stereocenters. The Bertz CT molecular complexity index is 1140. The number of sulfonamides is 1. The molecule has 2 aromatic carbocycles. The van der Waals surface area contributed by atoms with Crippen LogP contribution in [-0.2, 0) is 10.0 Å². The van der Waals surface area contributed by atoms with Gasteiger partial charge in [-0.3, -0.25) is 0 Å². The van der Waals surface area contributed by atoms with Crippen LogP contribution in [0.1, 0.15) is 49.3 Å². The Hall–Kier alpha value is -1.83. The number of fused-ring (bicyclic) bond motifs is 3. The maximum absolute atomic E-state index is 13.3. The summed E-state index contributed by atoms with van der Waals surface area (Å²) in [6.07, 6.45) is 7.06. The second-order valence-corrected chi connectivity index (χ2v) is 11.9. The van der Waals surface area contributed by atoms with E-state index in [0.29, 0.717) is 23.9 Å². The molecule has 1 fully saturated rings. The molecule has 5 nitrogen and oxygen atoms in total. The van der Waals surface area contributed by atoms with Gasteiger partial charge in [0, 0.05) is 34.7 Å². The highest BCUT2D eigenvalue weighted by molar-refractivity contribution is 9.10. The fourth-order valence-corrected chi connectivity index (χ4v) is 7.07. The minimum absolute atomic E-state index is 0.0453. The van der Waals surface area contributed by atoms with E-state index in [1.54, 1.807) is 16.4 Å². The summed E-state index contributed by atoms with van der Waals surface area (Å²) in [4.78, 5) is 0.380. The van der Waals surface area contributed by atoms with Gasteiger partial charge in [-0.25, -0.2) is 8.42 Å². The van der Waals surface area contributed by atoms with Gasteiger partial charge in [0.1, 0.15) is 5.75 Å². The van der Waals surface area contributed by atoms with Gasteiger partial charge in [-0.2, -0.15) is 4.31 Å². The summed E-state index contributed by atoms with van der Waals surface area (Å²) in [5, 5.41) is 14.1. The van der Waals surface area contributed by atoms with Gasteiger partial charge < -0.3 is 10.4 Å². The van der Waals surface area contributed by atoms with Crippen LogP contribution in [0.5, 0.6) is 5.75 Å². The van der Waals surface area contributed by atoms with Crippen molar-refractivity contribution in [1.29, 1.82) is 0 Å². The molecule has 3 atom stereocenters. The van der Waals surface area contributed by atoms with Crippen molar-refractivity contribution in [2.75, 3.05) is 18.4 Å². The fourth-order valence-electron chi connectivity index (χ4n) is 5.19. The summed E-state index contributed by atoms with van der Waals surface area (Å²) in [7, 11) is -3.49. The third-order valence-electron chi connectivity index (χ3n) is 7.04. The lowest BCUT2D eigenvalue weighted by atomic mass is 9.77. The number of phenols is 1. The van der Waals surface area contributed by atoms with Crippen molar-refractivity contribution >= 4 is 31.6 Å². The number of hydrogen-bond acceptors (Lipinski definition) is 4. The highest BCUT2D eigenvalue weighted by Gasteiger charge is 2.40. The zero-order valence-electron chi connectivity index (χ0n) is 17.5. The van der Waals surface area contributed by atoms with Crippen LogP contribution in [0.3, 0.4) is 0 Å². The number of benzene rings is 2. The second kappa shape index (κ2) is 7.94. The van der Waals surface area contributed by atoms with Crippen molar-refractivity contribution in [2.45, 2.75) is 43.0 Å². The summed E-state index contributed by atoms with van der Waals surface area (Å²) in [5.74, 6) is 1.20. The van der Waals surface area contributed by atoms with Gasteiger partial charge in [-0.15, -0.1) is 0 Å². The molecule has 0 amide bonds. The van der Waals surface area contributed by atoms with E-state index in [0.717, 1.165) is 40.5 Å². The third kappa shape index (κ3) is 3.70. The number of nitrogens with zero attached hydrogens (tertiary/aromatic N) is 1. The van der Waals surface area contributed by atoms with Crippen molar-refractivity contribution in [2.24, 2.45) is 11.8 Å². The molecule has 1 saturated heterocycles. The van der Waals surface area contributed by atoms with Gasteiger partial charge in [0.25, 0.3) is 0 Å². The van der Waals surface area contributed by atoms with Crippen molar-refractivity contribution in [3.63, 3.8) is 0 Å². The van der Waals surface area contributed by atoms with Crippen LogP contribution in [0.25, 0.3) is 0 Å². The predicted octanol–water partition coefficient (Wildman–Crippen LogP) is 5.40. The first kappa shape index (κ1) is 21.0. The molecule has 0 radical (unpaired) electrons. The van der Waals surface area contributed by atoms with Crippen LogP contribution < -0.4 is 5.32 Å². The van der Waals surface area contributed by atoms with E-state index in [1.807, 2.05) is 24.3 Å². The monoisotopic (exact) mass is 502 g/mol. The molecule has 2 N–H and O–H groups in total. The quantitative estimate of drug-likeness (QED) is 0.551. The Kier molecular flexibility index (Phi) is 5.39. The van der Waals surface area contributed by atoms with Crippen LogP contribution in [0.15, 0.2) is 57.9 Å². The Balaban J connectivity index is 1.51. The van der Waals surface area contributed by atoms with Crippen LogP contribution in [0.4, 0.5) is 5.69 Å². The normalized spacial score (nSPS) is 26.3. The Morgan fingerprint density at radius 3 is 2.65 bits per heavy atom. The molecule has 3 aliphatic rings. The van der Waals surface area contributed by atoms with Gasteiger partial charge in [0.05, 0.1) is 10.9 Å². The fraction of sp³-hybridized carbons (Fsp3) is 0.417.